The van der Waals surface area contributed by atoms with E-state index < -0.39 is 11.6 Å². The van der Waals surface area contributed by atoms with E-state index in [0.717, 1.165) is 43.9 Å². The highest BCUT2D eigenvalue weighted by Gasteiger charge is 2.39. The van der Waals surface area contributed by atoms with E-state index in [4.69, 9.17) is 9.47 Å². The second-order valence-electron chi connectivity index (χ2n) is 6.63. The van der Waals surface area contributed by atoms with Gasteiger partial charge in [0.1, 0.15) is 5.60 Å². The summed E-state index contributed by atoms with van der Waals surface area (Å²) < 4.78 is 10.6. The van der Waals surface area contributed by atoms with Crippen LogP contribution in [0.15, 0.2) is 12.1 Å². The van der Waals surface area contributed by atoms with Crippen LogP contribution in [0.3, 0.4) is 0 Å². The first-order chi connectivity index (χ1) is 11.5. The van der Waals surface area contributed by atoms with Gasteiger partial charge in [-0.15, -0.1) is 0 Å². The first-order valence-electron chi connectivity index (χ1n) is 8.49. The van der Waals surface area contributed by atoms with Gasteiger partial charge in [0.25, 0.3) is 0 Å². The van der Waals surface area contributed by atoms with Crippen molar-refractivity contribution in [3.05, 3.63) is 28.8 Å². The minimum Gasteiger partial charge on any atom is -0.478 e. The van der Waals surface area contributed by atoms with Crippen molar-refractivity contribution >= 4 is 11.7 Å². The van der Waals surface area contributed by atoms with Gasteiger partial charge in [0.15, 0.2) is 0 Å². The molecule has 24 heavy (non-hydrogen) atoms. The lowest BCUT2D eigenvalue weighted by molar-refractivity contribution is -0.184. The van der Waals surface area contributed by atoms with Gasteiger partial charge in [0, 0.05) is 31.5 Å². The molecule has 1 aromatic carbocycles. The number of rotatable bonds is 5. The van der Waals surface area contributed by atoms with Crippen LogP contribution in [0.25, 0.3) is 0 Å². The summed E-state index contributed by atoms with van der Waals surface area (Å²) in [7, 11) is 0. The molecule has 2 aliphatic heterocycles. The maximum Gasteiger partial charge on any atom is 0.336 e. The Labute approximate surface area is 142 Å². The molecule has 2 N–H and O–H groups in total. The maximum atomic E-state index is 11.7. The monoisotopic (exact) mass is 335 g/mol. The van der Waals surface area contributed by atoms with Crippen LogP contribution in [0.1, 0.15) is 41.3 Å². The third kappa shape index (κ3) is 3.01. The van der Waals surface area contributed by atoms with Crippen LogP contribution in [-0.4, -0.2) is 55.2 Å². The number of ether oxygens (including phenoxy) is 2. The topological polar surface area (TPSA) is 79.2 Å². The number of nitrogens with zero attached hydrogens (tertiary/aromatic N) is 1. The van der Waals surface area contributed by atoms with E-state index in [0.29, 0.717) is 11.6 Å². The molecule has 0 amide bonds. The molecule has 0 unspecified atom stereocenters. The molecule has 0 spiro atoms. The van der Waals surface area contributed by atoms with E-state index in [1.54, 1.807) is 6.07 Å². The van der Waals surface area contributed by atoms with Gasteiger partial charge in [-0.2, -0.15) is 0 Å². The first kappa shape index (κ1) is 17.2. The quantitative estimate of drug-likeness (QED) is 0.856. The molecule has 6 heteroatoms. The molecule has 2 heterocycles. The van der Waals surface area contributed by atoms with Crippen LogP contribution in [0.4, 0.5) is 5.69 Å². The summed E-state index contributed by atoms with van der Waals surface area (Å²) in [4.78, 5) is 13.9. The number of carboxylic acid groups (broad SMARTS) is 1. The summed E-state index contributed by atoms with van der Waals surface area (Å²) in [6.45, 7) is 6.56. The summed E-state index contributed by atoms with van der Waals surface area (Å²) >= 11 is 0. The molecule has 0 aromatic heterocycles. The molecule has 0 aliphatic carbocycles. The summed E-state index contributed by atoms with van der Waals surface area (Å²) in [5.41, 5.74) is 1.41. The van der Waals surface area contributed by atoms with Crippen LogP contribution < -0.4 is 4.90 Å². The molecular weight excluding hydrogens is 310 g/mol. The Morgan fingerprint density at radius 1 is 1.29 bits per heavy atom. The van der Waals surface area contributed by atoms with Gasteiger partial charge in [-0.05, 0) is 49.9 Å². The molecule has 0 radical (unpaired) electrons. The van der Waals surface area contributed by atoms with E-state index >= 15 is 0 Å². The zero-order chi connectivity index (χ0) is 17.3. The molecular formula is C18H25NO5. The molecule has 0 bridgehead atoms. The molecule has 0 atom stereocenters. The van der Waals surface area contributed by atoms with Gasteiger partial charge >= 0.3 is 5.97 Å². The highest BCUT2D eigenvalue weighted by atomic mass is 16.5. The fourth-order valence-electron chi connectivity index (χ4n) is 3.57. The Hall–Kier alpha value is -1.63. The van der Waals surface area contributed by atoms with Crippen LogP contribution in [0.5, 0.6) is 0 Å². The standard InChI is InChI=1S/C18H25NO5/c1-3-19(14-4-6-23-7-5-14)16-9-13(18(22)10-24-11-18)8-15(12(16)2)17(20)21/h8-9,14,22H,3-7,10-11H2,1-2H3,(H,20,21). The van der Waals surface area contributed by atoms with Crippen molar-refractivity contribution in [1.29, 1.82) is 0 Å². The molecule has 6 nitrogen and oxygen atoms in total. The average molecular weight is 335 g/mol. The Morgan fingerprint density at radius 2 is 1.96 bits per heavy atom. The summed E-state index contributed by atoms with van der Waals surface area (Å²) in [5.74, 6) is -0.970. The Bertz CT molecular complexity index is 620. The summed E-state index contributed by atoms with van der Waals surface area (Å²) in [6, 6.07) is 3.84. The van der Waals surface area contributed by atoms with Gasteiger partial charge in [-0.25, -0.2) is 4.79 Å². The normalized spacial score (nSPS) is 20.5. The number of hydrogen-bond acceptors (Lipinski definition) is 5. The fourth-order valence-corrected chi connectivity index (χ4v) is 3.57. The predicted octanol–water partition coefficient (Wildman–Crippen LogP) is 1.92. The lowest BCUT2D eigenvalue weighted by Gasteiger charge is -2.40. The zero-order valence-corrected chi connectivity index (χ0v) is 14.2. The number of aliphatic hydroxyl groups is 1. The molecule has 2 saturated heterocycles. The van der Waals surface area contributed by atoms with Crippen LogP contribution in [0, 0.1) is 6.92 Å². The Morgan fingerprint density at radius 3 is 2.46 bits per heavy atom. The highest BCUT2D eigenvalue weighted by Crippen LogP contribution is 2.36. The summed E-state index contributed by atoms with van der Waals surface area (Å²) in [6.07, 6.45) is 1.85. The second-order valence-corrected chi connectivity index (χ2v) is 6.63. The number of hydrogen-bond donors (Lipinski definition) is 2. The van der Waals surface area contributed by atoms with Crippen molar-refractivity contribution in [2.24, 2.45) is 0 Å². The predicted molar refractivity (Wildman–Crippen MR) is 89.7 cm³/mol. The number of anilines is 1. The van der Waals surface area contributed by atoms with Gasteiger partial charge in [0.05, 0.1) is 18.8 Å². The number of carbonyl (C=O) groups is 1. The van der Waals surface area contributed by atoms with Crippen molar-refractivity contribution in [3.63, 3.8) is 0 Å². The SMILES string of the molecule is CCN(c1cc(C2(O)COC2)cc(C(=O)O)c1C)C1CCOCC1. The third-order valence-corrected chi connectivity index (χ3v) is 5.11. The van der Waals surface area contributed by atoms with Gasteiger partial charge in [-0.1, -0.05) is 0 Å². The Kier molecular flexibility index (Phi) is 4.80. The fraction of sp³-hybridized carbons (Fsp3) is 0.611. The molecule has 3 rings (SSSR count). The molecule has 132 valence electrons. The van der Waals surface area contributed by atoms with Crippen LogP contribution in [-0.2, 0) is 15.1 Å². The van der Waals surface area contributed by atoms with E-state index in [9.17, 15) is 15.0 Å². The van der Waals surface area contributed by atoms with Crippen molar-refractivity contribution < 1.29 is 24.5 Å². The van der Waals surface area contributed by atoms with Crippen LogP contribution in [0.2, 0.25) is 0 Å². The zero-order valence-electron chi connectivity index (χ0n) is 14.2. The molecule has 2 aliphatic rings. The van der Waals surface area contributed by atoms with Gasteiger partial charge in [0.2, 0.25) is 0 Å². The minimum absolute atomic E-state index is 0.206. The Balaban J connectivity index is 2.05. The van der Waals surface area contributed by atoms with E-state index in [2.05, 4.69) is 11.8 Å². The lowest BCUT2D eigenvalue weighted by Crippen LogP contribution is -2.47. The third-order valence-electron chi connectivity index (χ3n) is 5.11. The number of carboxylic acids is 1. The smallest absolute Gasteiger partial charge is 0.336 e. The van der Waals surface area contributed by atoms with Crippen molar-refractivity contribution in [2.45, 2.75) is 38.3 Å². The average Bonchev–Trinajstić information content (AvgIpc) is 2.55. The molecule has 2 fully saturated rings. The van der Waals surface area contributed by atoms with Gasteiger partial charge in [-0.3, -0.25) is 0 Å². The van der Waals surface area contributed by atoms with E-state index in [-0.39, 0.29) is 18.8 Å². The van der Waals surface area contributed by atoms with Gasteiger partial charge < -0.3 is 24.6 Å². The molecule has 0 saturated carbocycles. The lowest BCUT2D eigenvalue weighted by atomic mass is 9.88. The van der Waals surface area contributed by atoms with Crippen molar-refractivity contribution in [3.8, 4) is 0 Å². The van der Waals surface area contributed by atoms with E-state index in [1.165, 1.54) is 0 Å². The van der Waals surface area contributed by atoms with Crippen molar-refractivity contribution in [1.82, 2.24) is 0 Å². The number of aromatic carboxylic acids is 1. The van der Waals surface area contributed by atoms with Crippen LogP contribution >= 0.6 is 0 Å². The maximum absolute atomic E-state index is 11.7. The minimum atomic E-state index is -1.08. The van der Waals surface area contributed by atoms with Crippen molar-refractivity contribution in [2.75, 3.05) is 37.9 Å². The summed E-state index contributed by atoms with van der Waals surface area (Å²) in [5, 5.41) is 20.2. The largest absolute Gasteiger partial charge is 0.478 e. The first-order valence-corrected chi connectivity index (χ1v) is 8.49. The highest BCUT2D eigenvalue weighted by molar-refractivity contribution is 5.92. The van der Waals surface area contributed by atoms with E-state index in [1.807, 2.05) is 13.0 Å². The molecule has 1 aromatic rings. The number of benzene rings is 1. The second kappa shape index (κ2) is 6.70.